The fraction of sp³-hybridized carbons (Fsp3) is 0.286. The fourth-order valence-electron chi connectivity index (χ4n) is 4.13. The number of phenolic OH excluding ortho intramolecular Hbond substituents is 1. The molecular weight excluding hydrogens is 366 g/mol. The molecule has 1 aliphatic heterocycles. The lowest BCUT2D eigenvalue weighted by atomic mass is 9.86. The van der Waals surface area contributed by atoms with Crippen LogP contribution in [-0.4, -0.2) is 22.5 Å². The van der Waals surface area contributed by atoms with Crippen molar-refractivity contribution >= 4 is 38.9 Å². The Morgan fingerprint density at radius 3 is 2.88 bits per heavy atom. The van der Waals surface area contributed by atoms with Crippen LogP contribution in [-0.2, 0) is 23.2 Å². The van der Waals surface area contributed by atoms with E-state index < -0.39 is 0 Å². The van der Waals surface area contributed by atoms with Crippen LogP contribution in [0.15, 0.2) is 41.8 Å². The number of amides is 1. The maximum absolute atomic E-state index is 13.0. The van der Waals surface area contributed by atoms with Gasteiger partial charge in [0, 0.05) is 28.2 Å². The third-order valence-electron chi connectivity index (χ3n) is 5.68. The Morgan fingerprint density at radius 1 is 1.23 bits per heavy atom. The highest BCUT2D eigenvalue weighted by Crippen LogP contribution is 2.53. The summed E-state index contributed by atoms with van der Waals surface area (Å²) in [6.07, 6.45) is 2.58. The third-order valence-corrected chi connectivity index (χ3v) is 6.93. The number of aromatic hydroxyl groups is 1. The summed E-state index contributed by atoms with van der Waals surface area (Å²) in [6.45, 7) is 1.38. The van der Waals surface area contributed by atoms with Crippen LogP contribution in [0, 0.1) is 0 Å². The predicted molar refractivity (Wildman–Crippen MR) is 105 cm³/mol. The van der Waals surface area contributed by atoms with Gasteiger partial charge in [0.25, 0.3) is 0 Å². The fourth-order valence-corrected chi connectivity index (χ4v) is 5.24. The first kappa shape index (κ1) is 16.2. The quantitative estimate of drug-likeness (QED) is 0.685. The molecule has 1 aromatic heterocycles. The Balaban J connectivity index is 1.43. The number of rotatable bonds is 2. The highest BCUT2D eigenvalue weighted by atomic mass is 35.5. The molecule has 0 radical (unpaired) electrons. The normalized spacial score (nSPS) is 17.5. The van der Waals surface area contributed by atoms with Crippen molar-refractivity contribution in [2.45, 2.75) is 31.2 Å². The molecule has 132 valence electrons. The molecule has 5 rings (SSSR count). The summed E-state index contributed by atoms with van der Waals surface area (Å²) in [5.74, 6) is 0.478. The van der Waals surface area contributed by atoms with Crippen molar-refractivity contribution in [2.24, 2.45) is 0 Å². The first-order chi connectivity index (χ1) is 12.5. The minimum atomic E-state index is 0.0575. The second kappa shape index (κ2) is 5.73. The van der Waals surface area contributed by atoms with Crippen LogP contribution in [0.1, 0.15) is 29.5 Å². The van der Waals surface area contributed by atoms with E-state index in [1.807, 2.05) is 35.2 Å². The monoisotopic (exact) mass is 383 g/mol. The van der Waals surface area contributed by atoms with Gasteiger partial charge in [-0.25, -0.2) is 0 Å². The molecule has 0 saturated heterocycles. The largest absolute Gasteiger partial charge is 0.508 e. The zero-order valence-electron chi connectivity index (χ0n) is 14.2. The minimum Gasteiger partial charge on any atom is -0.508 e. The lowest BCUT2D eigenvalue weighted by Gasteiger charge is -2.35. The molecule has 2 aromatic carbocycles. The number of carbonyl (C=O) groups excluding carboxylic acids is 1. The molecule has 1 amide bonds. The summed E-state index contributed by atoms with van der Waals surface area (Å²) in [7, 11) is 0. The van der Waals surface area contributed by atoms with Gasteiger partial charge in [-0.3, -0.25) is 4.79 Å². The van der Waals surface area contributed by atoms with E-state index in [4.69, 9.17) is 11.6 Å². The molecule has 1 saturated carbocycles. The molecule has 5 heteroatoms. The van der Waals surface area contributed by atoms with Gasteiger partial charge in [0.05, 0.1) is 6.42 Å². The molecule has 0 atom stereocenters. The Hall–Kier alpha value is -2.04. The van der Waals surface area contributed by atoms with Crippen molar-refractivity contribution < 1.29 is 9.90 Å². The number of thiophene rings is 1. The van der Waals surface area contributed by atoms with E-state index in [1.165, 1.54) is 5.56 Å². The maximum Gasteiger partial charge on any atom is 0.227 e. The van der Waals surface area contributed by atoms with Crippen LogP contribution < -0.4 is 0 Å². The van der Waals surface area contributed by atoms with Crippen molar-refractivity contribution in [1.82, 2.24) is 4.90 Å². The summed E-state index contributed by atoms with van der Waals surface area (Å²) >= 11 is 7.79. The van der Waals surface area contributed by atoms with Gasteiger partial charge in [0.2, 0.25) is 5.91 Å². The molecule has 0 bridgehead atoms. The van der Waals surface area contributed by atoms with Gasteiger partial charge in [0.1, 0.15) is 5.75 Å². The van der Waals surface area contributed by atoms with Gasteiger partial charge in [-0.2, -0.15) is 0 Å². The number of hydrogen-bond acceptors (Lipinski definition) is 3. The molecule has 0 unspecified atom stereocenters. The number of carbonyl (C=O) groups is 1. The molecule has 1 spiro atoms. The van der Waals surface area contributed by atoms with Gasteiger partial charge in [-0.15, -0.1) is 11.3 Å². The van der Waals surface area contributed by atoms with Crippen molar-refractivity contribution in [1.29, 1.82) is 0 Å². The first-order valence-corrected chi connectivity index (χ1v) is 10.1. The molecule has 1 N–H and O–H groups in total. The summed E-state index contributed by atoms with van der Waals surface area (Å²) in [5.41, 5.74) is 3.51. The van der Waals surface area contributed by atoms with E-state index in [2.05, 4.69) is 5.38 Å². The van der Waals surface area contributed by atoms with Crippen LogP contribution in [0.2, 0.25) is 5.02 Å². The lowest BCUT2D eigenvalue weighted by Crippen LogP contribution is -2.42. The highest BCUT2D eigenvalue weighted by molar-refractivity contribution is 7.17. The van der Waals surface area contributed by atoms with E-state index in [-0.39, 0.29) is 11.3 Å². The van der Waals surface area contributed by atoms with Gasteiger partial charge < -0.3 is 10.0 Å². The maximum atomic E-state index is 13.0. The average molecular weight is 384 g/mol. The zero-order chi connectivity index (χ0) is 17.9. The first-order valence-electron chi connectivity index (χ1n) is 8.80. The molecule has 2 heterocycles. The van der Waals surface area contributed by atoms with E-state index in [9.17, 15) is 9.90 Å². The second-order valence-corrected chi connectivity index (χ2v) is 8.80. The molecule has 2 aliphatic rings. The standard InChI is InChI=1S/C21H18ClNO2S/c22-15-2-4-19-17(8-15)14(11-26-19)7-20(25)23-10-13-1-3-16(24)9-18(13)21(12-23)5-6-21/h1-4,8-9,11,24H,5-7,10,12H2. The highest BCUT2D eigenvalue weighted by Gasteiger charge is 2.50. The van der Waals surface area contributed by atoms with Crippen LogP contribution in [0.4, 0.5) is 0 Å². The van der Waals surface area contributed by atoms with Crippen LogP contribution >= 0.6 is 22.9 Å². The number of nitrogens with zero attached hydrogens (tertiary/aromatic N) is 1. The Morgan fingerprint density at radius 2 is 2.08 bits per heavy atom. The molecule has 1 fully saturated rings. The third kappa shape index (κ3) is 2.60. The van der Waals surface area contributed by atoms with Gasteiger partial charge in [-0.05, 0) is 70.6 Å². The van der Waals surface area contributed by atoms with E-state index in [0.717, 1.165) is 40.6 Å². The summed E-state index contributed by atoms with van der Waals surface area (Å²) in [6, 6.07) is 11.4. The Bertz CT molecular complexity index is 1040. The molecule has 3 aromatic rings. The Labute approximate surface area is 160 Å². The SMILES string of the molecule is O=C(Cc1csc2ccc(Cl)cc12)N1Cc2ccc(O)cc2C2(CC2)C1. The van der Waals surface area contributed by atoms with Crippen molar-refractivity contribution in [3.05, 3.63) is 63.5 Å². The molecule has 26 heavy (non-hydrogen) atoms. The van der Waals surface area contributed by atoms with E-state index in [1.54, 1.807) is 17.4 Å². The summed E-state index contributed by atoms with van der Waals surface area (Å²) in [4.78, 5) is 15.0. The zero-order valence-corrected chi connectivity index (χ0v) is 15.7. The minimum absolute atomic E-state index is 0.0575. The second-order valence-electron chi connectivity index (χ2n) is 7.45. The van der Waals surface area contributed by atoms with Gasteiger partial charge >= 0.3 is 0 Å². The van der Waals surface area contributed by atoms with Crippen LogP contribution in [0.25, 0.3) is 10.1 Å². The average Bonchev–Trinajstić information content (AvgIpc) is 3.29. The molecule has 1 aliphatic carbocycles. The predicted octanol–water partition coefficient (Wildman–Crippen LogP) is 4.88. The van der Waals surface area contributed by atoms with E-state index in [0.29, 0.717) is 23.7 Å². The van der Waals surface area contributed by atoms with Crippen molar-refractivity contribution in [2.75, 3.05) is 6.54 Å². The smallest absolute Gasteiger partial charge is 0.227 e. The topological polar surface area (TPSA) is 40.5 Å². The number of phenols is 1. The molecular formula is C21H18ClNO2S. The Kier molecular flexibility index (Phi) is 3.56. The van der Waals surface area contributed by atoms with E-state index >= 15 is 0 Å². The van der Waals surface area contributed by atoms with Gasteiger partial charge in [0.15, 0.2) is 0 Å². The summed E-state index contributed by atoms with van der Waals surface area (Å²) in [5, 5.41) is 13.7. The van der Waals surface area contributed by atoms with Crippen LogP contribution in [0.5, 0.6) is 5.75 Å². The number of halogens is 1. The van der Waals surface area contributed by atoms with Crippen LogP contribution in [0.3, 0.4) is 0 Å². The van der Waals surface area contributed by atoms with Crippen molar-refractivity contribution in [3.8, 4) is 5.75 Å². The molecule has 3 nitrogen and oxygen atoms in total. The summed E-state index contributed by atoms with van der Waals surface area (Å²) < 4.78 is 1.16. The number of fused-ring (bicyclic) bond motifs is 3. The number of benzene rings is 2. The van der Waals surface area contributed by atoms with Gasteiger partial charge in [-0.1, -0.05) is 17.7 Å². The lowest BCUT2D eigenvalue weighted by molar-refractivity contribution is -0.131. The number of hydrogen-bond donors (Lipinski definition) is 1. The van der Waals surface area contributed by atoms with Crippen molar-refractivity contribution in [3.63, 3.8) is 0 Å².